The van der Waals surface area contributed by atoms with Crippen LogP contribution in [0.25, 0.3) is 0 Å². The zero-order valence-corrected chi connectivity index (χ0v) is 12.8. The van der Waals surface area contributed by atoms with Gasteiger partial charge in [0.1, 0.15) is 0 Å². The van der Waals surface area contributed by atoms with Crippen molar-refractivity contribution in [2.24, 2.45) is 0 Å². The van der Waals surface area contributed by atoms with Crippen molar-refractivity contribution < 1.29 is 18.0 Å². The van der Waals surface area contributed by atoms with Crippen LogP contribution in [0.5, 0.6) is 0 Å². The minimum Gasteiger partial charge on any atom is -0.317 e. The third-order valence-corrected chi connectivity index (χ3v) is 4.91. The van der Waals surface area contributed by atoms with E-state index >= 15 is 0 Å². The SMILES string of the molecule is O=C(Nc1nnc(C(F)(F)F)s1)N1CCC[C@H]1c1ccsc1. The highest BCUT2D eigenvalue weighted by Crippen LogP contribution is 2.35. The number of aromatic nitrogens is 2. The molecular formula is C12H11F3N4OS2. The summed E-state index contributed by atoms with van der Waals surface area (Å²) in [5, 5.41) is 11.5. The van der Waals surface area contributed by atoms with Crippen LogP contribution < -0.4 is 5.32 Å². The van der Waals surface area contributed by atoms with Crippen LogP contribution in [-0.2, 0) is 6.18 Å². The van der Waals surface area contributed by atoms with E-state index < -0.39 is 17.2 Å². The number of hydrogen-bond acceptors (Lipinski definition) is 5. The van der Waals surface area contributed by atoms with Crippen LogP contribution in [0.2, 0.25) is 0 Å². The Hall–Kier alpha value is -1.68. The lowest BCUT2D eigenvalue weighted by atomic mass is 10.1. The highest BCUT2D eigenvalue weighted by atomic mass is 32.1. The second-order valence-corrected chi connectivity index (χ2v) is 6.51. The number of likely N-dealkylation sites (tertiary alicyclic amines) is 1. The number of urea groups is 1. The van der Waals surface area contributed by atoms with Crippen molar-refractivity contribution in [3.63, 3.8) is 0 Å². The molecule has 2 amide bonds. The monoisotopic (exact) mass is 348 g/mol. The largest absolute Gasteiger partial charge is 0.445 e. The Kier molecular flexibility index (Phi) is 4.04. The molecule has 0 bridgehead atoms. The fraction of sp³-hybridized carbons (Fsp3) is 0.417. The van der Waals surface area contributed by atoms with Gasteiger partial charge in [-0.2, -0.15) is 24.5 Å². The molecule has 0 saturated carbocycles. The van der Waals surface area contributed by atoms with Crippen molar-refractivity contribution in [3.8, 4) is 0 Å². The molecule has 3 heterocycles. The maximum absolute atomic E-state index is 12.5. The van der Waals surface area contributed by atoms with Crippen molar-refractivity contribution in [1.29, 1.82) is 0 Å². The summed E-state index contributed by atoms with van der Waals surface area (Å²) >= 11 is 1.87. The predicted octanol–water partition coefficient (Wildman–Crippen LogP) is 3.99. The highest BCUT2D eigenvalue weighted by molar-refractivity contribution is 7.15. The van der Waals surface area contributed by atoms with Gasteiger partial charge in [-0.15, -0.1) is 10.2 Å². The van der Waals surface area contributed by atoms with E-state index in [0.29, 0.717) is 17.9 Å². The fourth-order valence-corrected chi connectivity index (χ4v) is 3.68. The zero-order chi connectivity index (χ0) is 15.7. The van der Waals surface area contributed by atoms with Crippen molar-refractivity contribution >= 4 is 33.8 Å². The van der Waals surface area contributed by atoms with Crippen molar-refractivity contribution in [2.75, 3.05) is 11.9 Å². The smallest absolute Gasteiger partial charge is 0.317 e. The van der Waals surface area contributed by atoms with Crippen LogP contribution in [0, 0.1) is 0 Å². The molecule has 1 aliphatic heterocycles. The summed E-state index contributed by atoms with van der Waals surface area (Å²) in [5.74, 6) is 0. The van der Waals surface area contributed by atoms with Gasteiger partial charge in [-0.05, 0) is 35.2 Å². The van der Waals surface area contributed by atoms with Gasteiger partial charge >= 0.3 is 12.2 Å². The molecule has 0 aromatic carbocycles. The van der Waals surface area contributed by atoms with Crippen LogP contribution >= 0.6 is 22.7 Å². The van der Waals surface area contributed by atoms with E-state index in [4.69, 9.17) is 0 Å². The number of thiophene rings is 1. The average molecular weight is 348 g/mol. The molecule has 1 atom stereocenters. The second kappa shape index (κ2) is 5.84. The van der Waals surface area contributed by atoms with E-state index in [9.17, 15) is 18.0 Å². The lowest BCUT2D eigenvalue weighted by Crippen LogP contribution is -2.34. The molecule has 1 aliphatic rings. The molecule has 0 aliphatic carbocycles. The van der Waals surface area contributed by atoms with Crippen molar-refractivity contribution in [1.82, 2.24) is 15.1 Å². The molecule has 2 aromatic heterocycles. The van der Waals surface area contributed by atoms with E-state index in [1.165, 1.54) is 0 Å². The molecule has 118 valence electrons. The number of rotatable bonds is 2. The zero-order valence-electron chi connectivity index (χ0n) is 11.1. The Bertz CT molecular complexity index is 656. The van der Waals surface area contributed by atoms with Gasteiger partial charge in [0.15, 0.2) is 0 Å². The lowest BCUT2D eigenvalue weighted by molar-refractivity contribution is -0.138. The van der Waals surface area contributed by atoms with Gasteiger partial charge in [-0.1, -0.05) is 11.3 Å². The number of amides is 2. The first-order valence-electron chi connectivity index (χ1n) is 6.45. The molecule has 5 nitrogen and oxygen atoms in total. The molecule has 3 rings (SSSR count). The van der Waals surface area contributed by atoms with Crippen LogP contribution in [0.15, 0.2) is 16.8 Å². The van der Waals surface area contributed by atoms with Crippen LogP contribution in [0.1, 0.15) is 29.5 Å². The van der Waals surface area contributed by atoms with Gasteiger partial charge in [0, 0.05) is 6.54 Å². The van der Waals surface area contributed by atoms with Gasteiger partial charge in [0.2, 0.25) is 10.1 Å². The molecule has 1 fully saturated rings. The van der Waals surface area contributed by atoms with Gasteiger partial charge in [0.25, 0.3) is 0 Å². The topological polar surface area (TPSA) is 58.1 Å². The molecule has 0 unspecified atom stereocenters. The van der Waals surface area contributed by atoms with Crippen LogP contribution in [-0.4, -0.2) is 27.7 Å². The summed E-state index contributed by atoms with van der Waals surface area (Å²) in [6, 6.07) is 1.47. The molecule has 0 spiro atoms. The van der Waals surface area contributed by atoms with Gasteiger partial charge in [0.05, 0.1) is 6.04 Å². The van der Waals surface area contributed by atoms with Crippen molar-refractivity contribution in [3.05, 3.63) is 27.4 Å². The third-order valence-electron chi connectivity index (χ3n) is 3.32. The minimum absolute atomic E-state index is 0.0405. The number of anilines is 1. The predicted molar refractivity (Wildman–Crippen MR) is 76.9 cm³/mol. The first-order chi connectivity index (χ1) is 10.4. The van der Waals surface area contributed by atoms with E-state index in [0.717, 1.165) is 18.4 Å². The first kappa shape index (κ1) is 15.2. The third kappa shape index (κ3) is 3.07. The standard InChI is InChI=1S/C12H11F3N4OS2/c13-12(14,15)9-17-18-10(22-9)16-11(20)19-4-1-2-8(19)7-3-5-21-6-7/h3,5-6,8H,1-2,4H2,(H,16,18,20)/t8-/m0/s1. The Morgan fingerprint density at radius 3 is 2.86 bits per heavy atom. The van der Waals surface area contributed by atoms with E-state index in [1.807, 2.05) is 16.8 Å². The van der Waals surface area contributed by atoms with Crippen LogP contribution in [0.4, 0.5) is 23.1 Å². The number of nitrogens with zero attached hydrogens (tertiary/aromatic N) is 3. The Balaban J connectivity index is 1.70. The summed E-state index contributed by atoms with van der Waals surface area (Å²) in [5.41, 5.74) is 1.05. The minimum atomic E-state index is -4.55. The summed E-state index contributed by atoms with van der Waals surface area (Å²) in [6.45, 7) is 0.567. The first-order valence-corrected chi connectivity index (χ1v) is 8.21. The number of alkyl halides is 3. The van der Waals surface area contributed by atoms with E-state index in [1.54, 1.807) is 16.2 Å². The summed E-state index contributed by atoms with van der Waals surface area (Å²) in [4.78, 5) is 13.9. The number of carbonyl (C=O) groups excluding carboxylic acids is 1. The Morgan fingerprint density at radius 2 is 2.23 bits per heavy atom. The fourth-order valence-electron chi connectivity index (χ4n) is 2.37. The highest BCUT2D eigenvalue weighted by Gasteiger charge is 2.36. The van der Waals surface area contributed by atoms with Gasteiger partial charge in [-0.3, -0.25) is 5.32 Å². The van der Waals surface area contributed by atoms with Gasteiger partial charge in [-0.25, -0.2) is 4.79 Å². The van der Waals surface area contributed by atoms with Crippen molar-refractivity contribution in [2.45, 2.75) is 25.1 Å². The number of hydrogen-bond donors (Lipinski definition) is 1. The Labute approximate surface area is 131 Å². The molecule has 2 aromatic rings. The van der Waals surface area contributed by atoms with Crippen LogP contribution in [0.3, 0.4) is 0 Å². The molecule has 1 N–H and O–H groups in total. The quantitative estimate of drug-likeness (QED) is 0.893. The summed E-state index contributed by atoms with van der Waals surface area (Å²) < 4.78 is 37.4. The molecule has 0 radical (unpaired) electrons. The molecule has 1 saturated heterocycles. The summed E-state index contributed by atoms with van der Waals surface area (Å²) in [6.07, 6.45) is -2.85. The average Bonchev–Trinajstić information content (AvgIpc) is 3.18. The summed E-state index contributed by atoms with van der Waals surface area (Å²) in [7, 11) is 0. The maximum Gasteiger partial charge on any atom is 0.445 e. The maximum atomic E-state index is 12.5. The number of halogens is 3. The number of nitrogens with one attached hydrogen (secondary N) is 1. The van der Waals surface area contributed by atoms with Gasteiger partial charge < -0.3 is 4.90 Å². The van der Waals surface area contributed by atoms with E-state index in [-0.39, 0.29) is 11.2 Å². The normalized spacial score (nSPS) is 18.7. The molecule has 10 heteroatoms. The second-order valence-electron chi connectivity index (χ2n) is 4.75. The molecular weight excluding hydrogens is 337 g/mol. The molecule has 22 heavy (non-hydrogen) atoms. The number of carbonyl (C=O) groups is 1. The Morgan fingerprint density at radius 1 is 1.41 bits per heavy atom. The lowest BCUT2D eigenvalue weighted by Gasteiger charge is -2.23. The van der Waals surface area contributed by atoms with E-state index in [2.05, 4.69) is 15.5 Å².